The monoisotopic (exact) mass is 369 g/mol. The third-order valence-electron chi connectivity index (χ3n) is 4.88. The average Bonchev–Trinajstić information content (AvgIpc) is 2.86. The first-order valence-corrected chi connectivity index (χ1v) is 8.09. The molecule has 1 atom stereocenters. The van der Waals surface area contributed by atoms with Crippen molar-refractivity contribution in [2.45, 2.75) is 31.6 Å². The molecule has 3 amide bonds. The van der Waals surface area contributed by atoms with Crippen LogP contribution in [0.15, 0.2) is 24.3 Å². The number of halogens is 3. The number of likely N-dealkylation sites (N-methyl/N-ethyl adjacent to an activating group) is 1. The highest BCUT2D eigenvalue weighted by Crippen LogP contribution is 2.43. The molecular weight excluding hydrogens is 351 g/mol. The molecule has 0 aliphatic carbocycles. The number of alkyl halides is 3. The van der Waals surface area contributed by atoms with Gasteiger partial charge in [0.05, 0.1) is 11.3 Å². The number of amides is 3. The Labute approximate surface area is 148 Å². The van der Waals surface area contributed by atoms with E-state index in [9.17, 15) is 27.6 Å². The molecule has 3 rings (SSSR count). The maximum atomic E-state index is 12.9. The van der Waals surface area contributed by atoms with Gasteiger partial charge in [0.25, 0.3) is 5.91 Å². The summed E-state index contributed by atoms with van der Waals surface area (Å²) in [7, 11) is 1.04. The number of nitrogens with zero attached hydrogens (tertiary/aromatic N) is 3. The van der Waals surface area contributed by atoms with E-state index in [4.69, 9.17) is 0 Å². The summed E-state index contributed by atoms with van der Waals surface area (Å²) in [4.78, 5) is 40.8. The zero-order valence-corrected chi connectivity index (χ0v) is 14.3. The van der Waals surface area contributed by atoms with E-state index in [0.29, 0.717) is 17.0 Å². The highest BCUT2D eigenvalue weighted by molar-refractivity contribution is 6.11. The first-order chi connectivity index (χ1) is 12.0. The molecule has 0 unspecified atom stereocenters. The van der Waals surface area contributed by atoms with Crippen molar-refractivity contribution < 1.29 is 27.6 Å². The van der Waals surface area contributed by atoms with Crippen molar-refractivity contribution in [3.8, 4) is 0 Å². The zero-order chi connectivity index (χ0) is 19.3. The molecule has 140 valence electrons. The summed E-state index contributed by atoms with van der Waals surface area (Å²) < 4.78 is 37.6. The van der Waals surface area contributed by atoms with Crippen LogP contribution in [0.1, 0.15) is 30.1 Å². The topological polar surface area (TPSA) is 60.9 Å². The van der Waals surface area contributed by atoms with Gasteiger partial charge in [-0.05, 0) is 25.5 Å². The fraction of sp³-hybridized carbons (Fsp3) is 0.471. The quantitative estimate of drug-likeness (QED) is 0.819. The van der Waals surface area contributed by atoms with Crippen LogP contribution in [0.2, 0.25) is 0 Å². The lowest BCUT2D eigenvalue weighted by atomic mass is 9.98. The summed E-state index contributed by atoms with van der Waals surface area (Å²) in [6.07, 6.45) is -4.02. The maximum Gasteiger partial charge on any atom is 0.406 e. The van der Waals surface area contributed by atoms with Gasteiger partial charge in [0, 0.05) is 13.5 Å². The number of rotatable bonds is 3. The van der Waals surface area contributed by atoms with Crippen LogP contribution < -0.4 is 4.90 Å². The van der Waals surface area contributed by atoms with Crippen LogP contribution in [-0.2, 0) is 9.59 Å². The van der Waals surface area contributed by atoms with Gasteiger partial charge < -0.3 is 9.80 Å². The van der Waals surface area contributed by atoms with E-state index in [-0.39, 0.29) is 17.9 Å². The smallest absolute Gasteiger partial charge is 0.335 e. The molecule has 26 heavy (non-hydrogen) atoms. The van der Waals surface area contributed by atoms with Gasteiger partial charge in [-0.3, -0.25) is 19.3 Å². The Morgan fingerprint density at radius 2 is 1.92 bits per heavy atom. The SMILES string of the molecule is CN(CC(F)(F)F)C(=O)CN1C(=O)c2ccccc2N2C(=O)CC[C@]12C. The number of anilines is 1. The summed E-state index contributed by atoms with van der Waals surface area (Å²) in [6.45, 7) is -0.271. The second-order valence-electron chi connectivity index (χ2n) is 6.72. The van der Waals surface area contributed by atoms with E-state index < -0.39 is 36.7 Å². The normalized spacial score (nSPS) is 22.3. The van der Waals surface area contributed by atoms with Crippen molar-refractivity contribution in [3.63, 3.8) is 0 Å². The Balaban J connectivity index is 1.93. The van der Waals surface area contributed by atoms with E-state index >= 15 is 0 Å². The molecule has 2 aliphatic heterocycles. The second kappa shape index (κ2) is 6.00. The number of hydrogen-bond acceptors (Lipinski definition) is 3. The van der Waals surface area contributed by atoms with Crippen molar-refractivity contribution >= 4 is 23.4 Å². The van der Waals surface area contributed by atoms with Gasteiger partial charge in [-0.25, -0.2) is 0 Å². The van der Waals surface area contributed by atoms with Crippen LogP contribution in [0.4, 0.5) is 18.9 Å². The number of fused-ring (bicyclic) bond motifs is 3. The number of benzene rings is 1. The fourth-order valence-corrected chi connectivity index (χ4v) is 3.55. The molecule has 0 bridgehead atoms. The Hall–Kier alpha value is -2.58. The van der Waals surface area contributed by atoms with Crippen molar-refractivity contribution in [3.05, 3.63) is 29.8 Å². The Bertz CT molecular complexity index is 780. The number of carbonyl (C=O) groups excluding carboxylic acids is 3. The number of hydrogen-bond donors (Lipinski definition) is 0. The molecule has 1 saturated heterocycles. The first-order valence-electron chi connectivity index (χ1n) is 8.09. The van der Waals surface area contributed by atoms with Crippen molar-refractivity contribution in [1.82, 2.24) is 9.80 Å². The lowest BCUT2D eigenvalue weighted by molar-refractivity contribution is -0.159. The standard InChI is InChI=1S/C17H18F3N3O3/c1-16-8-7-13(24)23(16)12-6-4-3-5-11(12)15(26)22(16)9-14(25)21(2)10-17(18,19)20/h3-6H,7-10H2,1-2H3/t16-/m1/s1. The lowest BCUT2D eigenvalue weighted by Crippen LogP contribution is -2.64. The van der Waals surface area contributed by atoms with E-state index in [2.05, 4.69) is 0 Å². The van der Waals surface area contributed by atoms with E-state index in [1.165, 1.54) is 9.80 Å². The number of carbonyl (C=O) groups is 3. The molecule has 1 aromatic carbocycles. The predicted octanol–water partition coefficient (Wildman–Crippen LogP) is 2.01. The molecule has 9 heteroatoms. The third-order valence-corrected chi connectivity index (χ3v) is 4.88. The molecule has 0 N–H and O–H groups in total. The fourth-order valence-electron chi connectivity index (χ4n) is 3.55. The van der Waals surface area contributed by atoms with Crippen LogP contribution in [-0.4, -0.2) is 59.5 Å². The van der Waals surface area contributed by atoms with Crippen molar-refractivity contribution in [1.29, 1.82) is 0 Å². The molecule has 2 aliphatic rings. The minimum atomic E-state index is -4.53. The van der Waals surface area contributed by atoms with Crippen LogP contribution in [0.5, 0.6) is 0 Å². The van der Waals surface area contributed by atoms with E-state index in [1.807, 2.05) is 0 Å². The number of para-hydroxylation sites is 1. The Morgan fingerprint density at radius 1 is 1.27 bits per heavy atom. The van der Waals surface area contributed by atoms with E-state index in [1.54, 1.807) is 31.2 Å². The van der Waals surface area contributed by atoms with Gasteiger partial charge in [-0.1, -0.05) is 12.1 Å². The van der Waals surface area contributed by atoms with Crippen molar-refractivity contribution in [2.75, 3.05) is 25.0 Å². The molecule has 0 saturated carbocycles. The van der Waals surface area contributed by atoms with Crippen LogP contribution in [0.25, 0.3) is 0 Å². The molecule has 1 fully saturated rings. The Kier molecular flexibility index (Phi) is 4.20. The minimum Gasteiger partial charge on any atom is -0.335 e. The molecule has 1 aromatic rings. The molecule has 0 radical (unpaired) electrons. The zero-order valence-electron chi connectivity index (χ0n) is 14.3. The highest BCUT2D eigenvalue weighted by Gasteiger charge is 2.53. The second-order valence-corrected chi connectivity index (χ2v) is 6.72. The van der Waals surface area contributed by atoms with E-state index in [0.717, 1.165) is 7.05 Å². The molecule has 0 aromatic heterocycles. The third kappa shape index (κ3) is 2.91. The summed E-state index contributed by atoms with van der Waals surface area (Å²) in [5.41, 5.74) is -0.349. The lowest BCUT2D eigenvalue weighted by Gasteiger charge is -2.48. The molecule has 0 spiro atoms. The van der Waals surface area contributed by atoms with Gasteiger partial charge >= 0.3 is 6.18 Å². The highest BCUT2D eigenvalue weighted by atomic mass is 19.4. The minimum absolute atomic E-state index is 0.187. The summed E-state index contributed by atoms with van der Waals surface area (Å²) in [5.74, 6) is -1.49. The summed E-state index contributed by atoms with van der Waals surface area (Å²) in [5, 5.41) is 0. The average molecular weight is 369 g/mol. The van der Waals surface area contributed by atoms with Gasteiger partial charge in [-0.15, -0.1) is 0 Å². The van der Waals surface area contributed by atoms with Gasteiger partial charge in [-0.2, -0.15) is 13.2 Å². The summed E-state index contributed by atoms with van der Waals surface area (Å²) in [6, 6.07) is 6.54. The van der Waals surface area contributed by atoms with Crippen LogP contribution >= 0.6 is 0 Å². The van der Waals surface area contributed by atoms with Crippen molar-refractivity contribution in [2.24, 2.45) is 0 Å². The van der Waals surface area contributed by atoms with Gasteiger partial charge in [0.2, 0.25) is 11.8 Å². The predicted molar refractivity (Wildman–Crippen MR) is 86.3 cm³/mol. The van der Waals surface area contributed by atoms with Crippen LogP contribution in [0, 0.1) is 0 Å². The van der Waals surface area contributed by atoms with Crippen LogP contribution in [0.3, 0.4) is 0 Å². The Morgan fingerprint density at radius 3 is 2.58 bits per heavy atom. The van der Waals surface area contributed by atoms with Gasteiger partial charge in [0.15, 0.2) is 0 Å². The molecule has 6 nitrogen and oxygen atoms in total. The summed E-state index contributed by atoms with van der Waals surface area (Å²) >= 11 is 0. The largest absolute Gasteiger partial charge is 0.406 e. The first kappa shape index (κ1) is 18.2. The maximum absolute atomic E-state index is 12.9. The molecule has 2 heterocycles. The van der Waals surface area contributed by atoms with Gasteiger partial charge in [0.1, 0.15) is 18.8 Å². The molecular formula is C17H18F3N3O3.